The van der Waals surface area contributed by atoms with Crippen LogP contribution in [0, 0.1) is 0 Å². The second-order valence-corrected chi connectivity index (χ2v) is 11.6. The third-order valence-corrected chi connectivity index (χ3v) is 8.73. The third kappa shape index (κ3) is 4.75. The first-order valence-electron chi connectivity index (χ1n) is 15.7. The molecule has 0 spiro atoms. The average Bonchev–Trinajstić information content (AvgIpc) is 3.55. The van der Waals surface area contributed by atoms with Gasteiger partial charge in [-0.3, -0.25) is 0 Å². The number of hydrogen-bond acceptors (Lipinski definition) is 4. The van der Waals surface area contributed by atoms with Crippen LogP contribution in [0.15, 0.2) is 168 Å². The van der Waals surface area contributed by atoms with Crippen LogP contribution in [-0.2, 0) is 0 Å². The van der Waals surface area contributed by atoms with Gasteiger partial charge in [-0.1, -0.05) is 146 Å². The molecule has 0 aliphatic heterocycles. The van der Waals surface area contributed by atoms with E-state index < -0.39 is 0 Å². The summed E-state index contributed by atoms with van der Waals surface area (Å²) in [5.74, 6) is 1.85. The summed E-state index contributed by atoms with van der Waals surface area (Å²) in [4.78, 5) is 15.1. The first kappa shape index (κ1) is 27.0. The van der Waals surface area contributed by atoms with Gasteiger partial charge in [0.25, 0.3) is 0 Å². The molecule has 0 bridgehead atoms. The van der Waals surface area contributed by atoms with Crippen molar-refractivity contribution in [2.24, 2.45) is 0 Å². The zero-order chi connectivity index (χ0) is 31.2. The quantitative estimate of drug-likeness (QED) is 0.197. The lowest BCUT2D eigenvalue weighted by atomic mass is 9.96. The molecule has 0 saturated heterocycles. The molecular weight excluding hydrogens is 574 g/mol. The van der Waals surface area contributed by atoms with Crippen molar-refractivity contribution in [3.8, 4) is 56.4 Å². The number of hydrogen-bond donors (Lipinski definition) is 0. The summed E-state index contributed by atoms with van der Waals surface area (Å²) in [5.41, 5.74) is 8.65. The van der Waals surface area contributed by atoms with Crippen LogP contribution in [0.3, 0.4) is 0 Å². The van der Waals surface area contributed by atoms with Gasteiger partial charge >= 0.3 is 0 Å². The zero-order valence-electron chi connectivity index (χ0n) is 25.3. The van der Waals surface area contributed by atoms with Crippen LogP contribution in [0.5, 0.6) is 0 Å². The van der Waals surface area contributed by atoms with Crippen molar-refractivity contribution in [1.29, 1.82) is 0 Å². The average molecular weight is 602 g/mol. The Kier molecular flexibility index (Phi) is 6.43. The van der Waals surface area contributed by atoms with E-state index in [1.54, 1.807) is 0 Å². The van der Waals surface area contributed by atoms with E-state index in [1.807, 2.05) is 66.7 Å². The summed E-state index contributed by atoms with van der Waals surface area (Å²) >= 11 is 0. The van der Waals surface area contributed by atoms with Crippen molar-refractivity contribution >= 4 is 32.7 Å². The lowest BCUT2D eigenvalue weighted by molar-refractivity contribution is 0.671. The maximum Gasteiger partial charge on any atom is 0.164 e. The van der Waals surface area contributed by atoms with E-state index >= 15 is 0 Å². The number of rotatable bonds is 5. The van der Waals surface area contributed by atoms with Gasteiger partial charge in [0.05, 0.1) is 0 Å². The van der Waals surface area contributed by atoms with Crippen LogP contribution in [0.25, 0.3) is 89.1 Å². The molecule has 2 heterocycles. The third-order valence-electron chi connectivity index (χ3n) is 8.73. The lowest BCUT2D eigenvalue weighted by Crippen LogP contribution is -2.00. The Bertz CT molecular complexity index is 2500. The molecule has 2 aromatic heterocycles. The van der Waals surface area contributed by atoms with Crippen LogP contribution in [0.4, 0.5) is 0 Å². The SMILES string of the molecule is c1ccc(-c2nc(-c3ccccc3)nc(-c3ccc(-c4ccccc4)c4oc5c(-c6ccc7ccccc7c6)cccc5c34)n2)cc1. The standard InChI is InChI=1S/C43H27N3O/c1-4-14-29(15-5-1)35-25-26-37(43-45-41(30-16-6-2-7-17-30)44-42(46-43)31-18-8-3-9-19-31)38-36-22-12-21-34(39(36)47-40(35)38)33-24-23-28-13-10-11-20-32(28)27-33/h1-27H. The van der Waals surface area contributed by atoms with Gasteiger partial charge in [0, 0.05) is 38.6 Å². The van der Waals surface area contributed by atoms with E-state index in [9.17, 15) is 0 Å². The molecule has 0 atom stereocenters. The summed E-state index contributed by atoms with van der Waals surface area (Å²) in [7, 11) is 0. The Morgan fingerprint density at radius 3 is 1.57 bits per heavy atom. The molecule has 0 fully saturated rings. The minimum Gasteiger partial charge on any atom is -0.455 e. The summed E-state index contributed by atoms with van der Waals surface area (Å²) in [6.07, 6.45) is 0. The molecule has 9 rings (SSSR count). The number of fused-ring (bicyclic) bond motifs is 4. The first-order valence-corrected chi connectivity index (χ1v) is 15.7. The molecule has 0 unspecified atom stereocenters. The Labute approximate surface area is 271 Å². The predicted octanol–water partition coefficient (Wildman–Crippen LogP) is 11.3. The maximum atomic E-state index is 6.96. The van der Waals surface area contributed by atoms with Crippen LogP contribution >= 0.6 is 0 Å². The van der Waals surface area contributed by atoms with Crippen molar-refractivity contribution < 1.29 is 4.42 Å². The number of aromatic nitrogens is 3. The van der Waals surface area contributed by atoms with Gasteiger partial charge < -0.3 is 4.42 Å². The van der Waals surface area contributed by atoms with Gasteiger partial charge in [0.15, 0.2) is 17.5 Å². The largest absolute Gasteiger partial charge is 0.455 e. The topological polar surface area (TPSA) is 51.8 Å². The van der Waals surface area contributed by atoms with Crippen molar-refractivity contribution in [3.63, 3.8) is 0 Å². The minimum absolute atomic E-state index is 0.598. The zero-order valence-corrected chi connectivity index (χ0v) is 25.3. The molecule has 0 amide bonds. The normalized spacial score (nSPS) is 11.4. The van der Waals surface area contributed by atoms with E-state index in [4.69, 9.17) is 19.4 Å². The fourth-order valence-electron chi connectivity index (χ4n) is 6.45. The molecule has 220 valence electrons. The highest BCUT2D eigenvalue weighted by molar-refractivity contribution is 6.18. The van der Waals surface area contributed by atoms with Crippen LogP contribution in [0.2, 0.25) is 0 Å². The molecule has 0 saturated carbocycles. The van der Waals surface area contributed by atoms with Crippen molar-refractivity contribution in [2.75, 3.05) is 0 Å². The van der Waals surface area contributed by atoms with Gasteiger partial charge in [-0.15, -0.1) is 0 Å². The second kappa shape index (κ2) is 11.2. The van der Waals surface area contributed by atoms with Crippen molar-refractivity contribution in [1.82, 2.24) is 15.0 Å². The summed E-state index contributed by atoms with van der Waals surface area (Å²) in [6, 6.07) is 56.2. The van der Waals surface area contributed by atoms with Crippen LogP contribution in [-0.4, -0.2) is 15.0 Å². The van der Waals surface area contributed by atoms with E-state index in [1.165, 1.54) is 10.8 Å². The molecule has 4 heteroatoms. The highest BCUT2D eigenvalue weighted by atomic mass is 16.3. The van der Waals surface area contributed by atoms with E-state index in [0.29, 0.717) is 17.5 Å². The maximum absolute atomic E-state index is 6.96. The molecule has 47 heavy (non-hydrogen) atoms. The number of nitrogens with zero attached hydrogens (tertiary/aromatic N) is 3. The Balaban J connectivity index is 1.34. The van der Waals surface area contributed by atoms with Gasteiger partial charge in [-0.05, 0) is 40.1 Å². The van der Waals surface area contributed by atoms with Crippen molar-refractivity contribution in [2.45, 2.75) is 0 Å². The van der Waals surface area contributed by atoms with Gasteiger partial charge in [0.1, 0.15) is 11.2 Å². The molecule has 7 aromatic carbocycles. The fraction of sp³-hybridized carbons (Fsp3) is 0. The summed E-state index contributed by atoms with van der Waals surface area (Å²) < 4.78 is 6.96. The highest BCUT2D eigenvalue weighted by Gasteiger charge is 2.22. The van der Waals surface area contributed by atoms with E-state index in [-0.39, 0.29) is 0 Å². The van der Waals surface area contributed by atoms with Gasteiger partial charge in [0.2, 0.25) is 0 Å². The Morgan fingerprint density at radius 2 is 0.894 bits per heavy atom. The molecule has 0 radical (unpaired) electrons. The monoisotopic (exact) mass is 601 g/mol. The number of benzene rings is 7. The predicted molar refractivity (Wildman–Crippen MR) is 192 cm³/mol. The number of furan rings is 1. The molecule has 0 aliphatic carbocycles. The highest BCUT2D eigenvalue weighted by Crippen LogP contribution is 2.44. The molecule has 9 aromatic rings. The summed E-state index contributed by atoms with van der Waals surface area (Å²) in [6.45, 7) is 0. The first-order chi connectivity index (χ1) is 23.3. The number of para-hydroxylation sites is 1. The molecular formula is C43H27N3O. The van der Waals surface area contributed by atoms with E-state index in [2.05, 4.69) is 97.1 Å². The molecule has 4 nitrogen and oxygen atoms in total. The summed E-state index contributed by atoms with van der Waals surface area (Å²) in [5, 5.41) is 4.39. The van der Waals surface area contributed by atoms with Gasteiger partial charge in [-0.2, -0.15) is 0 Å². The molecule has 0 aliphatic rings. The van der Waals surface area contributed by atoms with Gasteiger partial charge in [-0.25, -0.2) is 15.0 Å². The lowest BCUT2D eigenvalue weighted by Gasteiger charge is -2.10. The van der Waals surface area contributed by atoms with Crippen LogP contribution in [0.1, 0.15) is 0 Å². The minimum atomic E-state index is 0.598. The van der Waals surface area contributed by atoms with Crippen molar-refractivity contribution in [3.05, 3.63) is 164 Å². The smallest absolute Gasteiger partial charge is 0.164 e. The molecule has 0 N–H and O–H groups in total. The Morgan fingerprint density at radius 1 is 0.340 bits per heavy atom. The Hall–Kier alpha value is -6.39. The van der Waals surface area contributed by atoms with Crippen LogP contribution < -0.4 is 0 Å². The fourth-order valence-corrected chi connectivity index (χ4v) is 6.45. The van der Waals surface area contributed by atoms with E-state index in [0.717, 1.165) is 60.9 Å². The second-order valence-electron chi connectivity index (χ2n) is 11.6.